The van der Waals surface area contributed by atoms with Gasteiger partial charge in [0.25, 0.3) is 0 Å². The number of fused-ring (bicyclic) bond motifs is 3. The zero-order chi connectivity index (χ0) is 35.5. The molecular weight excluding hydrogens is 638 g/mol. The van der Waals surface area contributed by atoms with Crippen molar-refractivity contribution in [2.24, 2.45) is 5.92 Å². The number of hydrogen-bond acceptors (Lipinski definition) is 8. The van der Waals surface area contributed by atoms with Crippen molar-refractivity contribution in [3.63, 3.8) is 0 Å². The first-order valence-corrected chi connectivity index (χ1v) is 17.0. The van der Waals surface area contributed by atoms with E-state index in [1.807, 2.05) is 48.5 Å². The number of aliphatic hydroxyl groups is 1. The number of cyclic esters (lactones) is 1. The van der Waals surface area contributed by atoms with Crippen LogP contribution < -0.4 is 16.0 Å². The van der Waals surface area contributed by atoms with Crippen molar-refractivity contribution in [2.75, 3.05) is 26.9 Å². The smallest absolute Gasteiger partial charge is 0.407 e. The third-order valence-corrected chi connectivity index (χ3v) is 9.02. The average Bonchev–Trinajstić information content (AvgIpc) is 3.45. The normalized spacial score (nSPS) is 21.6. The summed E-state index contributed by atoms with van der Waals surface area (Å²) in [5.41, 5.74) is 4.97. The standard InChI is InChI=1S/C39H45N3O8/c1-25(22-43)40-35(44)21-27-15-7-4-8-20-33(38(46)50-36(26-13-5-3-6-14-26)34(24-48-2)41-37(27)45)42-39(47)49-23-32-30-18-11-9-16-28(30)29-17-10-12-19-31(29)32/h3-7,9-14,16-19,25,27,32-34,36,43H,8,15,20-24H2,1-2H3,(H,40,44)(H,41,45)(H,42,47)/t25-,27+,33-,34-,36-/m0/s1. The van der Waals surface area contributed by atoms with Gasteiger partial charge in [-0.2, -0.15) is 0 Å². The molecule has 11 nitrogen and oxygen atoms in total. The summed E-state index contributed by atoms with van der Waals surface area (Å²) in [5.74, 6) is -2.35. The molecule has 0 saturated carbocycles. The van der Waals surface area contributed by atoms with E-state index >= 15 is 0 Å². The molecule has 0 fully saturated rings. The largest absolute Gasteiger partial charge is 0.454 e. The summed E-state index contributed by atoms with van der Waals surface area (Å²) in [6.45, 7) is 1.53. The summed E-state index contributed by atoms with van der Waals surface area (Å²) in [6, 6.07) is 22.7. The van der Waals surface area contributed by atoms with Gasteiger partial charge in [-0.15, -0.1) is 0 Å². The van der Waals surface area contributed by atoms with Crippen LogP contribution in [0.4, 0.5) is 4.79 Å². The van der Waals surface area contributed by atoms with Gasteiger partial charge >= 0.3 is 12.1 Å². The summed E-state index contributed by atoms with van der Waals surface area (Å²) < 4.78 is 17.3. The number of hydrogen-bond donors (Lipinski definition) is 4. The summed E-state index contributed by atoms with van der Waals surface area (Å²) in [6.07, 6.45) is 2.61. The van der Waals surface area contributed by atoms with Crippen molar-refractivity contribution in [3.8, 4) is 11.1 Å². The molecule has 1 heterocycles. The fraction of sp³-hybridized carbons (Fsp3) is 0.385. The Morgan fingerprint density at radius 1 is 0.940 bits per heavy atom. The number of methoxy groups -OCH3 is 1. The molecule has 0 radical (unpaired) electrons. The predicted molar refractivity (Wildman–Crippen MR) is 187 cm³/mol. The van der Waals surface area contributed by atoms with Crippen molar-refractivity contribution in [1.29, 1.82) is 0 Å². The second-order valence-corrected chi connectivity index (χ2v) is 12.7. The Morgan fingerprint density at radius 3 is 2.26 bits per heavy atom. The van der Waals surface area contributed by atoms with Gasteiger partial charge in [-0.05, 0) is 54.0 Å². The number of carbonyl (C=O) groups is 4. The highest BCUT2D eigenvalue weighted by Gasteiger charge is 2.35. The molecule has 3 aromatic carbocycles. The van der Waals surface area contributed by atoms with Gasteiger partial charge in [0.15, 0.2) is 0 Å². The van der Waals surface area contributed by atoms with Gasteiger partial charge in [0.05, 0.1) is 25.2 Å². The van der Waals surface area contributed by atoms with E-state index in [1.165, 1.54) is 7.11 Å². The number of ether oxygens (including phenoxy) is 3. The Kier molecular flexibility index (Phi) is 12.8. The Bertz CT molecular complexity index is 1620. The molecule has 2 aliphatic rings. The van der Waals surface area contributed by atoms with E-state index in [2.05, 4.69) is 28.1 Å². The highest BCUT2D eigenvalue weighted by Crippen LogP contribution is 2.44. The van der Waals surface area contributed by atoms with E-state index < -0.39 is 48.1 Å². The molecule has 50 heavy (non-hydrogen) atoms. The van der Waals surface area contributed by atoms with Crippen LogP contribution in [-0.2, 0) is 28.6 Å². The fourth-order valence-electron chi connectivity index (χ4n) is 6.48. The van der Waals surface area contributed by atoms with Crippen molar-refractivity contribution >= 4 is 23.9 Å². The summed E-state index contributed by atoms with van der Waals surface area (Å²) in [5, 5.41) is 17.7. The average molecular weight is 684 g/mol. The summed E-state index contributed by atoms with van der Waals surface area (Å²) in [4.78, 5) is 53.5. The molecule has 0 spiro atoms. The second kappa shape index (κ2) is 17.6. The van der Waals surface area contributed by atoms with Crippen LogP contribution in [0, 0.1) is 5.92 Å². The van der Waals surface area contributed by atoms with E-state index in [0.29, 0.717) is 12.0 Å². The molecule has 11 heteroatoms. The van der Waals surface area contributed by atoms with Crippen molar-refractivity contribution in [2.45, 2.75) is 62.8 Å². The van der Waals surface area contributed by atoms with E-state index in [4.69, 9.17) is 14.2 Å². The van der Waals surface area contributed by atoms with Gasteiger partial charge in [-0.1, -0.05) is 91.0 Å². The van der Waals surface area contributed by atoms with Gasteiger partial charge in [-0.25, -0.2) is 9.59 Å². The van der Waals surface area contributed by atoms with Crippen LogP contribution in [0.2, 0.25) is 0 Å². The van der Waals surface area contributed by atoms with Gasteiger partial charge in [0.2, 0.25) is 11.8 Å². The van der Waals surface area contributed by atoms with Crippen LogP contribution in [0.1, 0.15) is 61.3 Å². The minimum absolute atomic E-state index is 0.000638. The quantitative estimate of drug-likeness (QED) is 0.180. The first-order chi connectivity index (χ1) is 24.3. The summed E-state index contributed by atoms with van der Waals surface area (Å²) >= 11 is 0. The van der Waals surface area contributed by atoms with Gasteiger partial charge in [0, 0.05) is 25.5 Å². The zero-order valence-corrected chi connectivity index (χ0v) is 28.4. The van der Waals surface area contributed by atoms with Gasteiger partial charge < -0.3 is 35.3 Å². The molecule has 1 aliphatic heterocycles. The lowest BCUT2D eigenvalue weighted by Gasteiger charge is -2.30. The molecule has 0 aromatic heterocycles. The fourth-order valence-corrected chi connectivity index (χ4v) is 6.48. The van der Waals surface area contributed by atoms with Gasteiger partial charge in [-0.3, -0.25) is 9.59 Å². The highest BCUT2D eigenvalue weighted by molar-refractivity contribution is 5.86. The number of allylic oxidation sites excluding steroid dienone is 2. The molecule has 5 atom stereocenters. The molecule has 4 N–H and O–H groups in total. The summed E-state index contributed by atoms with van der Waals surface area (Å²) in [7, 11) is 1.47. The first kappa shape index (κ1) is 36.3. The number of alkyl carbamates (subject to hydrolysis) is 1. The Morgan fingerprint density at radius 2 is 1.60 bits per heavy atom. The topological polar surface area (TPSA) is 152 Å². The van der Waals surface area contributed by atoms with E-state index in [1.54, 1.807) is 37.3 Å². The number of esters is 1. The number of amides is 3. The molecule has 0 saturated heterocycles. The number of aliphatic hydroxyl groups excluding tert-OH is 1. The Balaban J connectivity index is 1.35. The maximum Gasteiger partial charge on any atom is 0.407 e. The predicted octanol–water partition coefficient (Wildman–Crippen LogP) is 4.55. The van der Waals surface area contributed by atoms with Crippen LogP contribution in [0.15, 0.2) is 91.0 Å². The molecular formula is C39H45N3O8. The molecule has 0 bridgehead atoms. The lowest BCUT2D eigenvalue weighted by molar-refractivity contribution is -0.155. The SMILES string of the molecule is COC[C@@H]1NC(=O)[C@@H](CC(=O)N[C@@H](C)CO)CC=CCC[C@H](NC(=O)OCC2c3ccccc3-c3ccccc32)C(=O)O[C@H]1c1ccccc1. The zero-order valence-electron chi connectivity index (χ0n) is 28.4. The highest BCUT2D eigenvalue weighted by atomic mass is 16.6. The minimum atomic E-state index is -1.05. The van der Waals surface area contributed by atoms with E-state index in [9.17, 15) is 24.3 Å². The molecule has 0 unspecified atom stereocenters. The number of nitrogens with one attached hydrogen (secondary N) is 3. The maximum atomic E-state index is 13.9. The molecule has 3 aromatic rings. The third-order valence-electron chi connectivity index (χ3n) is 9.02. The van der Waals surface area contributed by atoms with Crippen LogP contribution in [-0.4, -0.2) is 74.0 Å². The third kappa shape index (κ3) is 9.16. The van der Waals surface area contributed by atoms with Crippen LogP contribution in [0.25, 0.3) is 11.1 Å². The van der Waals surface area contributed by atoms with E-state index in [0.717, 1.165) is 22.3 Å². The maximum absolute atomic E-state index is 13.9. The van der Waals surface area contributed by atoms with Crippen molar-refractivity contribution in [3.05, 3.63) is 108 Å². The van der Waals surface area contributed by atoms with Gasteiger partial charge in [0.1, 0.15) is 18.8 Å². The van der Waals surface area contributed by atoms with Crippen molar-refractivity contribution in [1.82, 2.24) is 16.0 Å². The van der Waals surface area contributed by atoms with Crippen LogP contribution >= 0.6 is 0 Å². The Hall–Kier alpha value is -5.00. The first-order valence-electron chi connectivity index (χ1n) is 17.0. The van der Waals surface area contributed by atoms with Crippen molar-refractivity contribution < 1.29 is 38.5 Å². The minimum Gasteiger partial charge on any atom is -0.454 e. The molecule has 264 valence electrons. The van der Waals surface area contributed by atoms with E-state index in [-0.39, 0.29) is 50.9 Å². The second-order valence-electron chi connectivity index (χ2n) is 12.7. The molecule has 3 amide bonds. The lowest BCUT2D eigenvalue weighted by Crippen LogP contribution is -2.49. The van der Waals surface area contributed by atoms with Crippen LogP contribution in [0.5, 0.6) is 0 Å². The number of carbonyl (C=O) groups excluding carboxylic acids is 4. The number of rotatable bonds is 10. The Labute approximate surface area is 292 Å². The number of benzene rings is 3. The molecule has 1 aliphatic carbocycles. The lowest BCUT2D eigenvalue weighted by atomic mass is 9.97. The molecule has 5 rings (SSSR count). The monoisotopic (exact) mass is 683 g/mol. The van der Waals surface area contributed by atoms with Crippen LogP contribution in [0.3, 0.4) is 0 Å².